The number of fused-ring (bicyclic) bond motifs is 11. The Morgan fingerprint density at radius 3 is 1.37 bits per heavy atom. The van der Waals surface area contributed by atoms with Gasteiger partial charge in [0.25, 0.3) is 0 Å². The van der Waals surface area contributed by atoms with Gasteiger partial charge < -0.3 is 13.6 Å². The molecule has 62 heavy (non-hydrogen) atoms. The highest BCUT2D eigenvalue weighted by Gasteiger charge is 2.51. The van der Waals surface area contributed by atoms with Gasteiger partial charge in [-0.3, -0.25) is 0 Å². The summed E-state index contributed by atoms with van der Waals surface area (Å²) in [5.41, 5.74) is 18.1. The molecule has 0 bridgehead atoms. The molecule has 2 aliphatic rings. The number of ether oxygens (including phenoxy) is 1. The van der Waals surface area contributed by atoms with Crippen molar-refractivity contribution in [2.45, 2.75) is 5.41 Å². The number of benzene rings is 9. The van der Waals surface area contributed by atoms with E-state index < -0.39 is 5.41 Å². The maximum atomic E-state index is 6.63. The van der Waals surface area contributed by atoms with Crippen molar-refractivity contribution in [3.63, 3.8) is 0 Å². The van der Waals surface area contributed by atoms with E-state index in [0.29, 0.717) is 11.8 Å². The SMILES string of the molecule is c1ccc(-c2nc3cc(-c4cc(-c5ccc6oc(-c7ccccc7)nc6c5)cc(-c5cccc6c5-c5ccccc5C65c6ccccc6Oc6ccccc65)c4)ccc3o2)cc1. The summed E-state index contributed by atoms with van der Waals surface area (Å²) in [5, 5.41) is 0. The Bertz CT molecular complexity index is 3380. The van der Waals surface area contributed by atoms with Gasteiger partial charge in [-0.05, 0) is 134 Å². The highest BCUT2D eigenvalue weighted by atomic mass is 16.5. The number of para-hydroxylation sites is 2. The van der Waals surface area contributed by atoms with Crippen molar-refractivity contribution in [2.75, 3.05) is 0 Å². The number of rotatable bonds is 5. The Kier molecular flexibility index (Phi) is 7.45. The Balaban J connectivity index is 1.04. The summed E-state index contributed by atoms with van der Waals surface area (Å²) in [6, 6.07) is 72.3. The van der Waals surface area contributed by atoms with Gasteiger partial charge in [0.15, 0.2) is 11.2 Å². The number of hydrogen-bond donors (Lipinski definition) is 0. The highest BCUT2D eigenvalue weighted by molar-refractivity contribution is 5.98. The maximum absolute atomic E-state index is 6.63. The van der Waals surface area contributed by atoms with E-state index in [0.717, 1.165) is 89.3 Å². The third kappa shape index (κ3) is 5.15. The Morgan fingerprint density at radius 2 is 0.790 bits per heavy atom. The normalized spacial score (nSPS) is 13.1. The Labute approximate surface area is 357 Å². The molecule has 0 unspecified atom stereocenters. The molecule has 0 atom stereocenters. The first-order valence-electron chi connectivity index (χ1n) is 20.9. The van der Waals surface area contributed by atoms with Gasteiger partial charge in [0.05, 0.1) is 5.41 Å². The van der Waals surface area contributed by atoms with E-state index in [1.165, 1.54) is 22.3 Å². The van der Waals surface area contributed by atoms with Gasteiger partial charge in [-0.25, -0.2) is 9.97 Å². The Morgan fingerprint density at radius 1 is 0.323 bits per heavy atom. The smallest absolute Gasteiger partial charge is 0.227 e. The molecule has 13 rings (SSSR count). The largest absolute Gasteiger partial charge is 0.457 e. The zero-order valence-electron chi connectivity index (χ0n) is 33.2. The van der Waals surface area contributed by atoms with Crippen LogP contribution in [0.15, 0.2) is 215 Å². The first-order valence-corrected chi connectivity index (χ1v) is 20.9. The van der Waals surface area contributed by atoms with E-state index in [9.17, 15) is 0 Å². The molecule has 0 fully saturated rings. The second kappa shape index (κ2) is 13.4. The van der Waals surface area contributed by atoms with E-state index in [4.69, 9.17) is 23.5 Å². The second-order valence-electron chi connectivity index (χ2n) is 16.1. The monoisotopic (exact) mass is 794 g/mol. The molecular weight excluding hydrogens is 761 g/mol. The first kappa shape index (κ1) is 34.6. The lowest BCUT2D eigenvalue weighted by Crippen LogP contribution is -2.32. The Hall–Kier alpha value is -8.28. The molecule has 2 aromatic heterocycles. The average Bonchev–Trinajstić information content (AvgIpc) is 4.05. The topological polar surface area (TPSA) is 61.3 Å². The zero-order chi connectivity index (χ0) is 40.8. The molecule has 0 amide bonds. The fourth-order valence-electron chi connectivity index (χ4n) is 9.88. The van der Waals surface area contributed by atoms with Crippen molar-refractivity contribution in [3.8, 4) is 78.9 Å². The van der Waals surface area contributed by atoms with Crippen LogP contribution in [0.25, 0.3) is 89.6 Å². The molecule has 290 valence electrons. The summed E-state index contributed by atoms with van der Waals surface area (Å²) < 4.78 is 19.1. The van der Waals surface area contributed by atoms with Crippen molar-refractivity contribution in [1.82, 2.24) is 9.97 Å². The third-order valence-corrected chi connectivity index (χ3v) is 12.6. The van der Waals surface area contributed by atoms with E-state index in [1.54, 1.807) is 0 Å². The molecular formula is C57H34N2O3. The molecule has 1 aliphatic carbocycles. The van der Waals surface area contributed by atoms with Crippen LogP contribution in [0, 0.1) is 0 Å². The van der Waals surface area contributed by atoms with Crippen LogP contribution < -0.4 is 4.74 Å². The molecule has 1 aliphatic heterocycles. The van der Waals surface area contributed by atoms with Crippen LogP contribution in [-0.4, -0.2) is 9.97 Å². The van der Waals surface area contributed by atoms with E-state index >= 15 is 0 Å². The number of nitrogens with zero attached hydrogens (tertiary/aromatic N) is 2. The molecule has 0 radical (unpaired) electrons. The van der Waals surface area contributed by atoms with Gasteiger partial charge in [0.2, 0.25) is 11.8 Å². The summed E-state index contributed by atoms with van der Waals surface area (Å²) in [4.78, 5) is 9.91. The van der Waals surface area contributed by atoms with Crippen molar-refractivity contribution in [3.05, 3.63) is 229 Å². The third-order valence-electron chi connectivity index (χ3n) is 12.6. The lowest BCUT2D eigenvalue weighted by atomic mass is 9.66. The fourth-order valence-corrected chi connectivity index (χ4v) is 9.88. The molecule has 3 heterocycles. The van der Waals surface area contributed by atoms with E-state index in [1.807, 2.05) is 72.8 Å². The van der Waals surface area contributed by atoms with Gasteiger partial charge in [-0.1, -0.05) is 127 Å². The second-order valence-corrected chi connectivity index (χ2v) is 16.1. The molecule has 0 N–H and O–H groups in total. The predicted octanol–water partition coefficient (Wildman–Crippen LogP) is 14.8. The molecule has 0 saturated carbocycles. The van der Waals surface area contributed by atoms with E-state index in [2.05, 4.69) is 133 Å². The minimum atomic E-state index is -0.573. The summed E-state index contributed by atoms with van der Waals surface area (Å²) in [7, 11) is 0. The van der Waals surface area contributed by atoms with Gasteiger partial charge >= 0.3 is 0 Å². The standard InChI is InChI=1S/C57H34N2O3/c1-3-14-35(15-4-1)55-58-48-33-37(26-28-52(48)61-55)39-30-40(38-27-29-53-49(34-38)59-56(62-53)36-16-5-2-6-17-36)32-41(31-39)42-19-13-23-47-54(42)43-18-7-8-20-44(43)57(47)45-21-9-11-24-50(45)60-51-25-12-10-22-46(51)57/h1-34H. The van der Waals surface area contributed by atoms with Crippen molar-refractivity contribution in [2.24, 2.45) is 0 Å². The maximum Gasteiger partial charge on any atom is 0.227 e. The van der Waals surface area contributed by atoms with Crippen LogP contribution >= 0.6 is 0 Å². The van der Waals surface area contributed by atoms with Crippen LogP contribution in [0.4, 0.5) is 0 Å². The number of aromatic nitrogens is 2. The van der Waals surface area contributed by atoms with Gasteiger partial charge in [-0.15, -0.1) is 0 Å². The molecule has 1 spiro atoms. The minimum absolute atomic E-state index is 0.573. The fraction of sp³-hybridized carbons (Fsp3) is 0.0175. The molecule has 5 heteroatoms. The van der Waals surface area contributed by atoms with Gasteiger partial charge in [0.1, 0.15) is 22.5 Å². The lowest BCUT2D eigenvalue weighted by Gasteiger charge is -2.39. The van der Waals surface area contributed by atoms with E-state index in [-0.39, 0.29) is 0 Å². The average molecular weight is 795 g/mol. The molecule has 11 aromatic rings. The van der Waals surface area contributed by atoms with Crippen LogP contribution in [0.2, 0.25) is 0 Å². The van der Waals surface area contributed by atoms with Gasteiger partial charge in [0, 0.05) is 22.3 Å². The van der Waals surface area contributed by atoms with Crippen molar-refractivity contribution >= 4 is 22.2 Å². The van der Waals surface area contributed by atoms with Crippen LogP contribution in [0.5, 0.6) is 11.5 Å². The van der Waals surface area contributed by atoms with Crippen LogP contribution in [0.1, 0.15) is 22.3 Å². The quantitative estimate of drug-likeness (QED) is 0.174. The minimum Gasteiger partial charge on any atom is -0.457 e. The van der Waals surface area contributed by atoms with Crippen molar-refractivity contribution < 1.29 is 13.6 Å². The number of hydrogen-bond acceptors (Lipinski definition) is 5. The zero-order valence-corrected chi connectivity index (χ0v) is 33.2. The van der Waals surface area contributed by atoms with Crippen molar-refractivity contribution in [1.29, 1.82) is 0 Å². The first-order chi connectivity index (χ1) is 30.7. The molecule has 5 nitrogen and oxygen atoms in total. The van der Waals surface area contributed by atoms with Gasteiger partial charge in [-0.2, -0.15) is 0 Å². The predicted molar refractivity (Wildman–Crippen MR) is 246 cm³/mol. The summed E-state index contributed by atoms with van der Waals surface area (Å²) in [6.45, 7) is 0. The number of oxazole rings is 2. The lowest BCUT2D eigenvalue weighted by molar-refractivity contribution is 0.436. The molecule has 9 aromatic carbocycles. The highest BCUT2D eigenvalue weighted by Crippen LogP contribution is 2.63. The molecule has 0 saturated heterocycles. The summed E-state index contributed by atoms with van der Waals surface area (Å²) >= 11 is 0. The summed E-state index contributed by atoms with van der Waals surface area (Å²) in [5.74, 6) is 2.96. The van der Waals surface area contributed by atoms with Crippen LogP contribution in [0.3, 0.4) is 0 Å². The van der Waals surface area contributed by atoms with Crippen LogP contribution in [-0.2, 0) is 5.41 Å². The summed E-state index contributed by atoms with van der Waals surface area (Å²) in [6.07, 6.45) is 0.